The van der Waals surface area contributed by atoms with Crippen LogP contribution in [-0.4, -0.2) is 66.4 Å². The van der Waals surface area contributed by atoms with E-state index in [1.807, 2.05) is 57.2 Å². The molecule has 4 rings (SSSR count). The molecule has 1 aliphatic heterocycles. The molecule has 2 aromatic carbocycles. The lowest BCUT2D eigenvalue weighted by molar-refractivity contribution is -0.150. The molecule has 0 spiro atoms. The number of ether oxygens (including phenoxy) is 2. The molecule has 0 bridgehead atoms. The summed E-state index contributed by atoms with van der Waals surface area (Å²) >= 11 is 0. The maximum absolute atomic E-state index is 13.1. The molecule has 1 saturated heterocycles. The van der Waals surface area contributed by atoms with E-state index >= 15 is 0 Å². The molecule has 0 unspecified atom stereocenters. The Balaban J connectivity index is 1.40. The topological polar surface area (TPSA) is 105 Å². The van der Waals surface area contributed by atoms with Gasteiger partial charge in [-0.3, -0.25) is 9.59 Å². The summed E-state index contributed by atoms with van der Waals surface area (Å²) in [5.41, 5.74) is 4.23. The highest BCUT2D eigenvalue weighted by molar-refractivity contribution is 5.86. The molecule has 1 aliphatic carbocycles. The van der Waals surface area contributed by atoms with Crippen LogP contribution in [0, 0.1) is 5.41 Å². The van der Waals surface area contributed by atoms with E-state index in [1.54, 1.807) is 0 Å². The van der Waals surface area contributed by atoms with Crippen molar-refractivity contribution in [1.82, 2.24) is 10.2 Å². The average Bonchev–Trinajstić information content (AvgIpc) is 3.38. The Bertz CT molecular complexity index is 1060. The number of carbonyl (C=O) groups excluding carboxylic acids is 2. The molecule has 186 valence electrons. The van der Waals surface area contributed by atoms with Crippen molar-refractivity contribution < 1.29 is 29.0 Å². The number of carbonyl (C=O) groups is 3. The smallest absolute Gasteiger partial charge is 0.407 e. The maximum Gasteiger partial charge on any atom is 0.407 e. The van der Waals surface area contributed by atoms with Crippen LogP contribution in [0.15, 0.2) is 48.5 Å². The number of hydrogen-bond acceptors (Lipinski definition) is 5. The summed E-state index contributed by atoms with van der Waals surface area (Å²) in [4.78, 5) is 38.5. The highest BCUT2D eigenvalue weighted by Crippen LogP contribution is 2.44. The second kappa shape index (κ2) is 10.1. The first-order chi connectivity index (χ1) is 16.6. The van der Waals surface area contributed by atoms with Gasteiger partial charge in [-0.2, -0.15) is 0 Å². The minimum absolute atomic E-state index is 0.0664. The van der Waals surface area contributed by atoms with E-state index in [-0.39, 0.29) is 24.5 Å². The van der Waals surface area contributed by atoms with Crippen LogP contribution in [-0.2, 0) is 19.1 Å². The van der Waals surface area contributed by atoms with Gasteiger partial charge >= 0.3 is 12.1 Å². The molecule has 0 saturated carbocycles. The molecule has 2 amide bonds. The minimum atomic E-state index is -1.10. The lowest BCUT2D eigenvalue weighted by atomic mass is 9.95. The fraction of sp³-hybridized carbons (Fsp3) is 0.444. The summed E-state index contributed by atoms with van der Waals surface area (Å²) < 4.78 is 11.2. The molecule has 0 aromatic heterocycles. The number of rotatable bonds is 7. The van der Waals surface area contributed by atoms with Crippen LogP contribution < -0.4 is 5.32 Å². The van der Waals surface area contributed by atoms with Crippen LogP contribution in [0.1, 0.15) is 44.2 Å². The molecule has 35 heavy (non-hydrogen) atoms. The van der Waals surface area contributed by atoms with Gasteiger partial charge < -0.3 is 24.8 Å². The monoisotopic (exact) mass is 480 g/mol. The number of fused-ring (bicyclic) bond motifs is 3. The van der Waals surface area contributed by atoms with Gasteiger partial charge in [-0.1, -0.05) is 69.3 Å². The first-order valence-corrected chi connectivity index (χ1v) is 11.9. The van der Waals surface area contributed by atoms with Crippen LogP contribution in [0.25, 0.3) is 11.1 Å². The van der Waals surface area contributed by atoms with Crippen LogP contribution in [0.5, 0.6) is 0 Å². The standard InChI is InChI=1S/C27H32N2O6/c1-27(2,3)16-29(14-23(30)31)25(32)24-22(12-13-34-24)28-26(33)35-15-21-19-10-6-4-8-17(19)18-9-5-7-11-20(18)21/h4-11,21-22,24H,12-16H2,1-3H3,(H,28,33)(H,30,31)/t22-,24+/m1/s1. The average molecular weight is 481 g/mol. The highest BCUT2D eigenvalue weighted by atomic mass is 16.6. The van der Waals surface area contributed by atoms with E-state index in [1.165, 1.54) is 4.90 Å². The molecule has 2 atom stereocenters. The Morgan fingerprint density at radius 3 is 2.23 bits per heavy atom. The maximum atomic E-state index is 13.1. The number of carboxylic acids is 1. The van der Waals surface area contributed by atoms with Crippen molar-refractivity contribution in [1.29, 1.82) is 0 Å². The molecule has 2 N–H and O–H groups in total. The van der Waals surface area contributed by atoms with Crippen molar-refractivity contribution in [2.24, 2.45) is 5.41 Å². The fourth-order valence-corrected chi connectivity index (χ4v) is 4.90. The Morgan fingerprint density at radius 2 is 1.66 bits per heavy atom. The summed E-state index contributed by atoms with van der Waals surface area (Å²) in [6.45, 7) is 6.08. The number of alkyl carbamates (subject to hydrolysis) is 1. The molecule has 1 heterocycles. The SMILES string of the molecule is CC(C)(C)CN(CC(=O)O)C(=O)[C@H]1OCC[C@H]1NC(=O)OCC1c2ccccc2-c2ccccc21. The van der Waals surface area contributed by atoms with E-state index in [4.69, 9.17) is 9.47 Å². The second-order valence-corrected chi connectivity index (χ2v) is 10.3. The van der Waals surface area contributed by atoms with Gasteiger partial charge in [0.15, 0.2) is 6.10 Å². The van der Waals surface area contributed by atoms with Crippen LogP contribution in [0.2, 0.25) is 0 Å². The van der Waals surface area contributed by atoms with Gasteiger partial charge in [-0.05, 0) is 34.1 Å². The lowest BCUT2D eigenvalue weighted by Crippen LogP contribution is -2.52. The first kappa shape index (κ1) is 24.7. The van der Waals surface area contributed by atoms with Gasteiger partial charge in [0, 0.05) is 19.1 Å². The van der Waals surface area contributed by atoms with E-state index in [2.05, 4.69) is 17.4 Å². The summed E-state index contributed by atoms with van der Waals surface area (Å²) in [5, 5.41) is 12.0. The molecular formula is C27H32N2O6. The second-order valence-electron chi connectivity index (χ2n) is 10.3. The zero-order chi connectivity index (χ0) is 25.2. The summed E-state index contributed by atoms with van der Waals surface area (Å²) in [5.74, 6) is -1.60. The van der Waals surface area contributed by atoms with Gasteiger partial charge in [0.25, 0.3) is 5.91 Å². The van der Waals surface area contributed by atoms with Crippen molar-refractivity contribution in [2.45, 2.75) is 45.3 Å². The van der Waals surface area contributed by atoms with Crippen LogP contribution in [0.3, 0.4) is 0 Å². The van der Waals surface area contributed by atoms with E-state index < -0.39 is 36.7 Å². The summed E-state index contributed by atoms with van der Waals surface area (Å²) in [6.07, 6.45) is -1.13. The lowest BCUT2D eigenvalue weighted by Gasteiger charge is -2.31. The first-order valence-electron chi connectivity index (χ1n) is 11.9. The van der Waals surface area contributed by atoms with Crippen LogP contribution in [0.4, 0.5) is 4.79 Å². The largest absolute Gasteiger partial charge is 0.480 e. The van der Waals surface area contributed by atoms with E-state index in [0.29, 0.717) is 13.0 Å². The van der Waals surface area contributed by atoms with E-state index in [0.717, 1.165) is 22.3 Å². The van der Waals surface area contributed by atoms with Crippen LogP contribution >= 0.6 is 0 Å². The Morgan fingerprint density at radius 1 is 1.06 bits per heavy atom. The number of amides is 2. The molecule has 2 aromatic rings. The number of carboxylic acid groups (broad SMARTS) is 1. The van der Waals surface area contributed by atoms with Gasteiger partial charge in [0.2, 0.25) is 0 Å². The van der Waals surface area contributed by atoms with Crippen molar-refractivity contribution in [2.75, 3.05) is 26.3 Å². The molecule has 0 radical (unpaired) electrons. The van der Waals surface area contributed by atoms with Crippen molar-refractivity contribution in [3.63, 3.8) is 0 Å². The number of nitrogens with zero attached hydrogens (tertiary/aromatic N) is 1. The minimum Gasteiger partial charge on any atom is -0.480 e. The van der Waals surface area contributed by atoms with Gasteiger partial charge in [0.1, 0.15) is 13.2 Å². The fourth-order valence-electron chi connectivity index (χ4n) is 4.90. The van der Waals surface area contributed by atoms with Crippen molar-refractivity contribution in [3.8, 4) is 11.1 Å². The number of hydrogen-bond donors (Lipinski definition) is 2. The molecule has 1 fully saturated rings. The molecule has 8 heteroatoms. The predicted molar refractivity (Wildman–Crippen MR) is 130 cm³/mol. The Kier molecular flexibility index (Phi) is 7.12. The number of nitrogens with one attached hydrogen (secondary N) is 1. The zero-order valence-corrected chi connectivity index (χ0v) is 20.3. The molecule has 8 nitrogen and oxygen atoms in total. The highest BCUT2D eigenvalue weighted by Gasteiger charge is 2.39. The quantitative estimate of drug-likeness (QED) is 0.627. The Labute approximate surface area is 205 Å². The predicted octanol–water partition coefficient (Wildman–Crippen LogP) is 3.64. The van der Waals surface area contributed by atoms with Crippen molar-refractivity contribution in [3.05, 3.63) is 59.7 Å². The Hall–Kier alpha value is -3.39. The van der Waals surface area contributed by atoms with E-state index in [9.17, 15) is 19.5 Å². The number of benzene rings is 2. The normalized spacial score (nSPS) is 19.1. The third-order valence-electron chi connectivity index (χ3n) is 6.29. The zero-order valence-electron chi connectivity index (χ0n) is 20.3. The molecular weight excluding hydrogens is 448 g/mol. The van der Waals surface area contributed by atoms with Crippen molar-refractivity contribution >= 4 is 18.0 Å². The van der Waals surface area contributed by atoms with Gasteiger partial charge in [-0.25, -0.2) is 4.79 Å². The summed E-state index contributed by atoms with van der Waals surface area (Å²) in [7, 11) is 0. The van der Waals surface area contributed by atoms with Gasteiger partial charge in [0.05, 0.1) is 6.04 Å². The molecule has 2 aliphatic rings. The summed E-state index contributed by atoms with van der Waals surface area (Å²) in [6, 6.07) is 15.6. The third-order valence-corrected chi connectivity index (χ3v) is 6.29. The number of aliphatic carboxylic acids is 1. The third kappa shape index (κ3) is 5.65. The van der Waals surface area contributed by atoms with Gasteiger partial charge in [-0.15, -0.1) is 0 Å².